The third kappa shape index (κ3) is 2.41. The van der Waals surface area contributed by atoms with Gasteiger partial charge >= 0.3 is 0 Å². The molecule has 0 saturated heterocycles. The third-order valence-electron chi connectivity index (χ3n) is 2.95. The van der Waals surface area contributed by atoms with Gasteiger partial charge in [0.15, 0.2) is 0 Å². The molecule has 2 heterocycles. The molecular formula is C11H21N5. The van der Waals surface area contributed by atoms with Crippen LogP contribution >= 0.6 is 0 Å². The van der Waals surface area contributed by atoms with Crippen LogP contribution in [0, 0.1) is 5.92 Å². The van der Waals surface area contributed by atoms with Crippen molar-refractivity contribution in [1.82, 2.24) is 20.1 Å². The highest BCUT2D eigenvalue weighted by Crippen LogP contribution is 2.18. The van der Waals surface area contributed by atoms with Crippen LogP contribution in [0.2, 0.25) is 0 Å². The Labute approximate surface area is 96.4 Å². The molecule has 1 aromatic rings. The van der Waals surface area contributed by atoms with E-state index in [4.69, 9.17) is 5.73 Å². The smallest absolute Gasteiger partial charge is 0.150 e. The van der Waals surface area contributed by atoms with Crippen LogP contribution < -0.4 is 11.1 Å². The molecule has 1 aliphatic rings. The summed E-state index contributed by atoms with van der Waals surface area (Å²) < 4.78 is 2.19. The van der Waals surface area contributed by atoms with Gasteiger partial charge in [-0.3, -0.25) is 0 Å². The molecule has 0 aliphatic carbocycles. The van der Waals surface area contributed by atoms with E-state index in [1.165, 1.54) is 0 Å². The summed E-state index contributed by atoms with van der Waals surface area (Å²) in [5, 5.41) is 11.8. The summed E-state index contributed by atoms with van der Waals surface area (Å²) in [5.41, 5.74) is 6.17. The van der Waals surface area contributed by atoms with Crippen molar-refractivity contribution in [2.24, 2.45) is 11.7 Å². The summed E-state index contributed by atoms with van der Waals surface area (Å²) in [5.74, 6) is 2.61. The molecule has 3 N–H and O–H groups in total. The van der Waals surface area contributed by atoms with Gasteiger partial charge in [0.05, 0.1) is 6.04 Å². The fourth-order valence-electron chi connectivity index (χ4n) is 2.18. The van der Waals surface area contributed by atoms with Crippen LogP contribution in [0.15, 0.2) is 0 Å². The first-order valence-electron chi connectivity index (χ1n) is 6.06. The molecule has 0 saturated carbocycles. The third-order valence-corrected chi connectivity index (χ3v) is 2.95. The van der Waals surface area contributed by atoms with Crippen LogP contribution in [0.25, 0.3) is 0 Å². The number of nitrogens with zero attached hydrogens (tertiary/aromatic N) is 3. The van der Waals surface area contributed by atoms with Crippen molar-refractivity contribution in [1.29, 1.82) is 0 Å². The number of rotatable bonds is 3. The van der Waals surface area contributed by atoms with Crippen LogP contribution in [0.4, 0.5) is 0 Å². The van der Waals surface area contributed by atoms with Gasteiger partial charge < -0.3 is 15.6 Å². The fraction of sp³-hybridized carbons (Fsp3) is 0.818. The molecule has 0 radical (unpaired) electrons. The number of nitrogens with two attached hydrogens (primary N) is 1. The van der Waals surface area contributed by atoms with E-state index in [-0.39, 0.29) is 6.04 Å². The minimum Gasteiger partial charge on any atom is -0.321 e. The van der Waals surface area contributed by atoms with E-state index in [9.17, 15) is 0 Å². The Morgan fingerprint density at radius 1 is 1.38 bits per heavy atom. The summed E-state index contributed by atoms with van der Waals surface area (Å²) in [6, 6.07) is 0.0133. The van der Waals surface area contributed by atoms with Gasteiger partial charge in [-0.25, -0.2) is 0 Å². The number of fused-ring (bicyclic) bond motifs is 1. The first-order valence-corrected chi connectivity index (χ1v) is 6.06. The zero-order valence-corrected chi connectivity index (χ0v) is 10.1. The summed E-state index contributed by atoms with van der Waals surface area (Å²) in [6.07, 6.45) is 1.91. The lowest BCUT2D eigenvalue weighted by atomic mass is 10.0. The van der Waals surface area contributed by atoms with Crippen molar-refractivity contribution in [2.45, 2.75) is 39.3 Å². The maximum atomic E-state index is 6.17. The Hall–Kier alpha value is -0.940. The second-order valence-electron chi connectivity index (χ2n) is 4.86. The summed E-state index contributed by atoms with van der Waals surface area (Å²) in [4.78, 5) is 0. The lowest BCUT2D eigenvalue weighted by Crippen LogP contribution is -2.22. The molecule has 1 atom stereocenters. The van der Waals surface area contributed by atoms with Gasteiger partial charge in [-0.15, -0.1) is 10.2 Å². The SMILES string of the molecule is CC(C)CC(N)c1nnc2n1CCNCC2. The molecule has 0 aromatic carbocycles. The van der Waals surface area contributed by atoms with Crippen molar-refractivity contribution in [2.75, 3.05) is 13.1 Å². The quantitative estimate of drug-likeness (QED) is 0.781. The van der Waals surface area contributed by atoms with E-state index in [0.29, 0.717) is 5.92 Å². The number of hydrogen-bond acceptors (Lipinski definition) is 4. The molecule has 1 aliphatic heterocycles. The summed E-state index contributed by atoms with van der Waals surface area (Å²) in [6.45, 7) is 7.26. The molecule has 0 amide bonds. The highest BCUT2D eigenvalue weighted by Gasteiger charge is 2.19. The van der Waals surface area contributed by atoms with Gasteiger partial charge in [0, 0.05) is 26.1 Å². The second-order valence-corrected chi connectivity index (χ2v) is 4.86. The summed E-state index contributed by atoms with van der Waals surface area (Å²) >= 11 is 0. The average Bonchev–Trinajstić information content (AvgIpc) is 2.47. The zero-order valence-electron chi connectivity index (χ0n) is 10.1. The molecule has 90 valence electrons. The number of aromatic nitrogens is 3. The van der Waals surface area contributed by atoms with E-state index >= 15 is 0 Å². The van der Waals surface area contributed by atoms with Crippen molar-refractivity contribution in [3.8, 4) is 0 Å². The second kappa shape index (κ2) is 4.93. The van der Waals surface area contributed by atoms with E-state index < -0.39 is 0 Å². The van der Waals surface area contributed by atoms with Gasteiger partial charge in [-0.2, -0.15) is 0 Å². The Morgan fingerprint density at radius 2 is 2.19 bits per heavy atom. The van der Waals surface area contributed by atoms with Crippen molar-refractivity contribution < 1.29 is 0 Å². The first-order chi connectivity index (χ1) is 7.68. The van der Waals surface area contributed by atoms with Crippen LogP contribution in [0.3, 0.4) is 0 Å². The van der Waals surface area contributed by atoms with Crippen LogP contribution in [-0.4, -0.2) is 27.9 Å². The Balaban J connectivity index is 2.18. The molecule has 0 fully saturated rings. The van der Waals surface area contributed by atoms with Gasteiger partial charge in [0.25, 0.3) is 0 Å². The molecule has 2 rings (SSSR count). The van der Waals surface area contributed by atoms with Crippen molar-refractivity contribution in [3.63, 3.8) is 0 Å². The molecule has 0 spiro atoms. The summed E-state index contributed by atoms with van der Waals surface area (Å²) in [7, 11) is 0. The Bertz CT molecular complexity index is 344. The topological polar surface area (TPSA) is 68.8 Å². The van der Waals surface area contributed by atoms with E-state index in [1.54, 1.807) is 0 Å². The van der Waals surface area contributed by atoms with E-state index in [0.717, 1.165) is 44.1 Å². The molecule has 5 nitrogen and oxygen atoms in total. The molecule has 16 heavy (non-hydrogen) atoms. The maximum absolute atomic E-state index is 6.17. The van der Waals surface area contributed by atoms with E-state index in [1.807, 2.05) is 0 Å². The lowest BCUT2D eigenvalue weighted by molar-refractivity contribution is 0.471. The van der Waals surface area contributed by atoms with Gasteiger partial charge in [-0.05, 0) is 12.3 Å². The number of hydrogen-bond donors (Lipinski definition) is 2. The van der Waals surface area contributed by atoms with Crippen LogP contribution in [0.5, 0.6) is 0 Å². The van der Waals surface area contributed by atoms with Gasteiger partial charge in [-0.1, -0.05) is 13.8 Å². The Morgan fingerprint density at radius 3 is 2.94 bits per heavy atom. The van der Waals surface area contributed by atoms with Crippen molar-refractivity contribution in [3.05, 3.63) is 11.6 Å². The molecule has 0 bridgehead atoms. The highest BCUT2D eigenvalue weighted by molar-refractivity contribution is 5.02. The molecule has 5 heteroatoms. The largest absolute Gasteiger partial charge is 0.321 e. The molecule has 1 unspecified atom stereocenters. The standard InChI is InChI=1S/C11H21N5/c1-8(2)7-9(12)11-15-14-10-3-4-13-5-6-16(10)11/h8-9,13H,3-7,12H2,1-2H3. The molecule has 1 aromatic heterocycles. The first kappa shape index (κ1) is 11.5. The fourth-order valence-corrected chi connectivity index (χ4v) is 2.18. The van der Waals surface area contributed by atoms with Gasteiger partial charge in [0.1, 0.15) is 11.6 Å². The number of nitrogens with one attached hydrogen (secondary N) is 1. The van der Waals surface area contributed by atoms with Gasteiger partial charge in [0.2, 0.25) is 0 Å². The zero-order chi connectivity index (χ0) is 11.5. The monoisotopic (exact) mass is 223 g/mol. The van der Waals surface area contributed by atoms with Crippen LogP contribution in [0.1, 0.15) is 38.0 Å². The minimum absolute atomic E-state index is 0.0133. The highest BCUT2D eigenvalue weighted by atomic mass is 15.3. The minimum atomic E-state index is 0.0133. The molecular weight excluding hydrogens is 202 g/mol. The predicted molar refractivity (Wildman–Crippen MR) is 63.0 cm³/mol. The van der Waals surface area contributed by atoms with Crippen LogP contribution in [-0.2, 0) is 13.0 Å². The average molecular weight is 223 g/mol. The van der Waals surface area contributed by atoms with E-state index in [2.05, 4.69) is 33.9 Å². The maximum Gasteiger partial charge on any atom is 0.150 e. The predicted octanol–water partition coefficient (Wildman–Crippen LogP) is 0.470. The van der Waals surface area contributed by atoms with Crippen molar-refractivity contribution >= 4 is 0 Å². The Kier molecular flexibility index (Phi) is 3.56. The normalized spacial score (nSPS) is 18.2. The lowest BCUT2D eigenvalue weighted by Gasteiger charge is -2.15.